The number of hydrogen-bond acceptors (Lipinski definition) is 4. The van der Waals surface area contributed by atoms with Gasteiger partial charge >= 0.3 is 6.09 Å². The van der Waals surface area contributed by atoms with Crippen LogP contribution in [0.2, 0.25) is 0 Å². The molecule has 2 aliphatic rings. The van der Waals surface area contributed by atoms with Crippen LogP contribution in [0.3, 0.4) is 0 Å². The average molecular weight is 446 g/mol. The van der Waals surface area contributed by atoms with E-state index >= 15 is 0 Å². The Balaban J connectivity index is 0.000000238. The molecule has 2 aromatic carbocycles. The first kappa shape index (κ1) is 22.3. The maximum atomic E-state index is 12.2. The van der Waals surface area contributed by atoms with Gasteiger partial charge in [-0.25, -0.2) is 10.2 Å². The van der Waals surface area contributed by atoms with Crippen molar-refractivity contribution in [3.8, 4) is 0 Å². The zero-order chi connectivity index (χ0) is 23.4. The van der Waals surface area contributed by atoms with E-state index in [1.807, 2.05) is 31.1 Å². The van der Waals surface area contributed by atoms with E-state index in [0.29, 0.717) is 22.2 Å². The van der Waals surface area contributed by atoms with Gasteiger partial charge in [-0.1, -0.05) is 36.4 Å². The Morgan fingerprint density at radius 1 is 1.24 bits per heavy atom. The topological polar surface area (TPSA) is 110 Å². The Morgan fingerprint density at radius 2 is 2.00 bits per heavy atom. The molecule has 0 atom stereocenters. The molecule has 170 valence electrons. The van der Waals surface area contributed by atoms with Crippen LogP contribution in [0.5, 0.6) is 0 Å². The van der Waals surface area contributed by atoms with Gasteiger partial charge in [0.15, 0.2) is 0 Å². The Labute approximate surface area is 192 Å². The highest BCUT2D eigenvalue weighted by molar-refractivity contribution is 6.16. The minimum absolute atomic E-state index is 0.318. The summed E-state index contributed by atoms with van der Waals surface area (Å²) in [5.74, 6) is 0.526. The van der Waals surface area contributed by atoms with Crippen molar-refractivity contribution in [3.05, 3.63) is 70.9 Å². The van der Waals surface area contributed by atoms with Crippen molar-refractivity contribution in [2.75, 3.05) is 26.0 Å². The minimum Gasteiger partial charge on any atom is -0.465 e. The second-order valence-corrected chi connectivity index (χ2v) is 8.38. The maximum absolute atomic E-state index is 12.2. The van der Waals surface area contributed by atoms with Crippen molar-refractivity contribution in [2.24, 2.45) is 5.10 Å². The second kappa shape index (κ2) is 9.70. The maximum Gasteiger partial charge on any atom is 0.409 e. The predicted octanol–water partition coefficient (Wildman–Crippen LogP) is 4.47. The van der Waals surface area contributed by atoms with Gasteiger partial charge in [0.2, 0.25) is 0 Å². The van der Waals surface area contributed by atoms with Gasteiger partial charge in [0.25, 0.3) is 5.91 Å². The molecular formula is C25H27N5O3. The number of anilines is 1. The quantitative estimate of drug-likeness (QED) is 0.464. The zero-order valence-electron chi connectivity index (χ0n) is 18.6. The summed E-state index contributed by atoms with van der Waals surface area (Å²) in [6.45, 7) is 0.766. The molecule has 0 unspecified atom stereocenters. The minimum atomic E-state index is -1.19. The van der Waals surface area contributed by atoms with E-state index in [0.717, 1.165) is 23.7 Å². The highest BCUT2D eigenvalue weighted by Gasteiger charge is 2.22. The number of nitrogens with zero attached hydrogens (tertiary/aromatic N) is 2. The van der Waals surface area contributed by atoms with Crippen LogP contribution >= 0.6 is 0 Å². The SMILES string of the molecule is CN(C)CC=Cc1[nH]c2cc(NC(=O)O)cc3c2c1C=NNC3=O.c1ccc(C2CC2)cc1. The van der Waals surface area contributed by atoms with Crippen molar-refractivity contribution in [1.29, 1.82) is 0 Å². The lowest BCUT2D eigenvalue weighted by Gasteiger charge is -2.05. The largest absolute Gasteiger partial charge is 0.465 e. The molecule has 2 amide bonds. The third kappa shape index (κ3) is 5.48. The molecule has 4 N–H and O–H groups in total. The molecule has 0 radical (unpaired) electrons. The monoisotopic (exact) mass is 445 g/mol. The number of carbonyl (C=O) groups excluding carboxylic acids is 1. The van der Waals surface area contributed by atoms with Gasteiger partial charge in [-0.05, 0) is 56.6 Å². The van der Waals surface area contributed by atoms with E-state index in [2.05, 4.69) is 51.2 Å². The van der Waals surface area contributed by atoms with E-state index in [1.165, 1.54) is 24.5 Å². The first-order valence-corrected chi connectivity index (χ1v) is 10.8. The van der Waals surface area contributed by atoms with Gasteiger partial charge in [0, 0.05) is 34.4 Å². The fourth-order valence-corrected chi connectivity index (χ4v) is 3.76. The third-order valence-corrected chi connectivity index (χ3v) is 5.43. The summed E-state index contributed by atoms with van der Waals surface area (Å²) in [7, 11) is 3.94. The standard InChI is InChI=1S/C16H17N5O3.C9H10/c1-21(2)5-3-4-12-11-8-17-20-15(22)10-6-9(18-16(23)24)7-13(19-12)14(10)11;1-2-4-8(5-3-1)9-6-7-9/h3-4,6-8,18-19H,5H2,1-2H3,(H,20,22)(H,23,24);1-5,9H,6-7H2. The molecule has 33 heavy (non-hydrogen) atoms. The molecule has 1 aromatic heterocycles. The number of aromatic amines is 1. The Hall–Kier alpha value is -3.91. The van der Waals surface area contributed by atoms with Crippen LogP contribution in [-0.2, 0) is 0 Å². The first-order chi connectivity index (χ1) is 15.9. The van der Waals surface area contributed by atoms with E-state index in [9.17, 15) is 9.59 Å². The molecule has 8 nitrogen and oxygen atoms in total. The van der Waals surface area contributed by atoms with Crippen LogP contribution in [0, 0.1) is 0 Å². The Morgan fingerprint density at radius 3 is 2.67 bits per heavy atom. The zero-order valence-corrected chi connectivity index (χ0v) is 18.6. The van der Waals surface area contributed by atoms with Crippen molar-refractivity contribution in [2.45, 2.75) is 18.8 Å². The molecule has 0 bridgehead atoms. The number of aromatic nitrogens is 1. The fraction of sp³-hybridized carbons (Fsp3) is 0.240. The summed E-state index contributed by atoms with van der Waals surface area (Å²) >= 11 is 0. The molecule has 8 heteroatoms. The molecule has 1 saturated carbocycles. The molecule has 0 saturated heterocycles. The van der Waals surface area contributed by atoms with Crippen molar-refractivity contribution in [1.82, 2.24) is 15.3 Å². The highest BCUT2D eigenvalue weighted by atomic mass is 16.4. The lowest BCUT2D eigenvalue weighted by molar-refractivity contribution is 0.0957. The lowest BCUT2D eigenvalue weighted by Crippen LogP contribution is -2.17. The smallest absolute Gasteiger partial charge is 0.409 e. The van der Waals surface area contributed by atoms with Gasteiger partial charge in [-0.2, -0.15) is 5.10 Å². The van der Waals surface area contributed by atoms with Crippen LogP contribution in [0.15, 0.2) is 53.6 Å². The van der Waals surface area contributed by atoms with Crippen molar-refractivity contribution < 1.29 is 14.7 Å². The number of carboxylic acid groups (broad SMARTS) is 1. The highest BCUT2D eigenvalue weighted by Crippen LogP contribution is 2.39. The molecule has 1 aliphatic carbocycles. The van der Waals surface area contributed by atoms with Gasteiger partial charge < -0.3 is 15.0 Å². The van der Waals surface area contributed by atoms with Gasteiger partial charge in [0.05, 0.1) is 11.8 Å². The number of likely N-dealkylation sites (N-methyl/N-ethyl adjacent to an activating group) is 1. The number of nitrogens with one attached hydrogen (secondary N) is 3. The van der Waals surface area contributed by atoms with Crippen LogP contribution in [-0.4, -0.2) is 53.8 Å². The van der Waals surface area contributed by atoms with E-state index < -0.39 is 6.09 Å². The number of amides is 2. The predicted molar refractivity (Wildman–Crippen MR) is 131 cm³/mol. The number of hydrazone groups is 1. The number of H-pyrrole nitrogens is 1. The Kier molecular flexibility index (Phi) is 6.55. The van der Waals surface area contributed by atoms with Crippen LogP contribution in [0.1, 0.15) is 45.9 Å². The Bertz CT molecular complexity index is 1220. The van der Waals surface area contributed by atoms with Crippen molar-refractivity contribution >= 4 is 40.9 Å². The molecule has 0 spiro atoms. The summed E-state index contributed by atoms with van der Waals surface area (Å²) in [4.78, 5) is 28.3. The average Bonchev–Trinajstić information content (AvgIpc) is 3.58. The van der Waals surface area contributed by atoms with E-state index in [1.54, 1.807) is 12.3 Å². The van der Waals surface area contributed by atoms with E-state index in [4.69, 9.17) is 5.11 Å². The fourth-order valence-electron chi connectivity index (χ4n) is 3.76. The van der Waals surface area contributed by atoms with Crippen LogP contribution in [0.25, 0.3) is 17.0 Å². The molecular weight excluding hydrogens is 418 g/mol. The molecule has 1 aliphatic heterocycles. The van der Waals surface area contributed by atoms with Crippen LogP contribution in [0.4, 0.5) is 10.5 Å². The number of carbonyl (C=O) groups is 2. The van der Waals surface area contributed by atoms with Gasteiger partial charge in [0.1, 0.15) is 0 Å². The first-order valence-electron chi connectivity index (χ1n) is 10.8. The molecule has 5 rings (SSSR count). The number of benzene rings is 2. The molecule has 3 aromatic rings. The molecule has 1 fully saturated rings. The summed E-state index contributed by atoms with van der Waals surface area (Å²) in [6.07, 6.45) is 7.13. The summed E-state index contributed by atoms with van der Waals surface area (Å²) in [6, 6.07) is 13.9. The molecule has 2 heterocycles. The third-order valence-electron chi connectivity index (χ3n) is 5.43. The van der Waals surface area contributed by atoms with Crippen LogP contribution < -0.4 is 10.7 Å². The van der Waals surface area contributed by atoms with Crippen molar-refractivity contribution in [3.63, 3.8) is 0 Å². The van der Waals surface area contributed by atoms with Gasteiger partial charge in [-0.3, -0.25) is 10.1 Å². The van der Waals surface area contributed by atoms with E-state index in [-0.39, 0.29) is 5.91 Å². The normalized spacial score (nSPS) is 14.7. The number of hydrogen-bond donors (Lipinski definition) is 4. The lowest BCUT2D eigenvalue weighted by atomic mass is 10.0. The number of rotatable bonds is 5. The second-order valence-electron chi connectivity index (χ2n) is 8.38. The summed E-state index contributed by atoms with van der Waals surface area (Å²) in [5, 5.41) is 15.8. The van der Waals surface area contributed by atoms with Gasteiger partial charge in [-0.15, -0.1) is 0 Å². The summed E-state index contributed by atoms with van der Waals surface area (Å²) in [5.41, 5.74) is 6.90. The summed E-state index contributed by atoms with van der Waals surface area (Å²) < 4.78 is 0.